The van der Waals surface area contributed by atoms with Gasteiger partial charge in [-0.2, -0.15) is 0 Å². The molecule has 0 aromatic heterocycles. The maximum Gasteiger partial charge on any atom is 0.410 e. The van der Waals surface area contributed by atoms with Gasteiger partial charge in [0, 0.05) is 63.3 Å². The zero-order valence-electron chi connectivity index (χ0n) is 27.7. The number of carbonyl (C=O) groups excluding carboxylic acids is 3. The van der Waals surface area contributed by atoms with E-state index in [0.717, 1.165) is 5.56 Å². The topological polar surface area (TPSA) is 116 Å². The van der Waals surface area contributed by atoms with E-state index in [-0.39, 0.29) is 37.1 Å². The molecular formula is C34H49N3O8. The Balaban J connectivity index is 1.74. The Hall–Kier alpha value is -3.83. The summed E-state index contributed by atoms with van der Waals surface area (Å²) in [5.74, 6) is 0.266. The molecule has 248 valence electrons. The number of nitrogens with zero attached hydrogens (tertiary/aromatic N) is 2. The Bertz CT molecular complexity index is 1250. The van der Waals surface area contributed by atoms with E-state index in [1.165, 1.54) is 0 Å². The van der Waals surface area contributed by atoms with Crippen molar-refractivity contribution in [1.82, 2.24) is 15.1 Å². The molecule has 1 aliphatic rings. The fraction of sp³-hybridized carbons (Fsp3) is 0.559. The number of hydrogen-bond donors (Lipinski definition) is 1. The Morgan fingerprint density at radius 1 is 1.00 bits per heavy atom. The number of likely N-dealkylation sites (tertiary alicyclic amines) is 1. The molecule has 1 heterocycles. The summed E-state index contributed by atoms with van der Waals surface area (Å²) in [6.45, 7) is 11.5. The highest BCUT2D eigenvalue weighted by Crippen LogP contribution is 2.30. The van der Waals surface area contributed by atoms with Crippen LogP contribution in [0.4, 0.5) is 4.79 Å². The Morgan fingerprint density at radius 3 is 2.38 bits per heavy atom. The maximum absolute atomic E-state index is 13.9. The Labute approximate surface area is 267 Å². The van der Waals surface area contributed by atoms with Crippen LogP contribution in [-0.4, -0.2) is 99.1 Å². The molecule has 0 saturated carbocycles. The molecule has 2 aromatic carbocycles. The Morgan fingerprint density at radius 2 is 1.73 bits per heavy atom. The average molecular weight is 628 g/mol. The number of esters is 1. The standard InChI is InChI=1S/C34H49N3O8/c1-24(2)37(32(39)26-14-15-29(42-7)30(18-26)43-17-11-16-41-6)21-27-20-36(33(40)45-34(3,4)5)22-28(27)35-19-31(38)44-23-25-12-9-8-10-13-25/h8-10,12-15,18,24,27-28,35H,11,16-17,19-23H2,1-7H3/t27-,28+/m0/s1. The van der Waals surface area contributed by atoms with Crippen molar-refractivity contribution < 1.29 is 38.1 Å². The van der Waals surface area contributed by atoms with Crippen LogP contribution in [0.25, 0.3) is 0 Å². The van der Waals surface area contributed by atoms with Crippen LogP contribution in [0.5, 0.6) is 11.5 Å². The average Bonchev–Trinajstić information content (AvgIpc) is 3.42. The monoisotopic (exact) mass is 627 g/mol. The second-order valence-electron chi connectivity index (χ2n) is 12.4. The number of nitrogens with one attached hydrogen (secondary N) is 1. The van der Waals surface area contributed by atoms with Crippen LogP contribution in [0.15, 0.2) is 48.5 Å². The van der Waals surface area contributed by atoms with Crippen LogP contribution in [0, 0.1) is 5.92 Å². The largest absolute Gasteiger partial charge is 0.493 e. The number of hydrogen-bond acceptors (Lipinski definition) is 9. The van der Waals surface area contributed by atoms with Crippen molar-refractivity contribution in [1.29, 1.82) is 0 Å². The highest BCUT2D eigenvalue weighted by molar-refractivity contribution is 5.95. The molecule has 0 radical (unpaired) electrons. The van der Waals surface area contributed by atoms with Crippen LogP contribution >= 0.6 is 0 Å². The second-order valence-corrected chi connectivity index (χ2v) is 12.4. The van der Waals surface area contributed by atoms with E-state index < -0.39 is 17.7 Å². The first-order valence-electron chi connectivity index (χ1n) is 15.4. The van der Waals surface area contributed by atoms with E-state index in [1.807, 2.05) is 65.0 Å². The van der Waals surface area contributed by atoms with Crippen molar-refractivity contribution in [2.45, 2.75) is 65.3 Å². The Kier molecular flexibility index (Phi) is 13.5. The normalized spacial score (nSPS) is 16.4. The number of ether oxygens (including phenoxy) is 5. The fourth-order valence-corrected chi connectivity index (χ4v) is 5.02. The lowest BCUT2D eigenvalue weighted by Crippen LogP contribution is -2.47. The zero-order valence-corrected chi connectivity index (χ0v) is 27.7. The van der Waals surface area contributed by atoms with Crippen LogP contribution in [-0.2, 0) is 25.6 Å². The van der Waals surface area contributed by atoms with E-state index in [9.17, 15) is 14.4 Å². The minimum atomic E-state index is -0.656. The van der Waals surface area contributed by atoms with Gasteiger partial charge in [0.25, 0.3) is 5.91 Å². The number of carbonyl (C=O) groups is 3. The lowest BCUT2D eigenvalue weighted by Gasteiger charge is -2.32. The molecule has 0 bridgehead atoms. The lowest BCUT2D eigenvalue weighted by atomic mass is 10.0. The number of rotatable bonds is 15. The van der Waals surface area contributed by atoms with Crippen molar-refractivity contribution in [2.75, 3.05) is 53.6 Å². The van der Waals surface area contributed by atoms with Gasteiger partial charge in [0.05, 0.1) is 20.3 Å². The summed E-state index contributed by atoms with van der Waals surface area (Å²) in [7, 11) is 3.19. The number of amides is 2. The molecule has 1 fully saturated rings. The van der Waals surface area contributed by atoms with Crippen LogP contribution < -0.4 is 14.8 Å². The van der Waals surface area contributed by atoms with E-state index in [1.54, 1.807) is 42.2 Å². The van der Waals surface area contributed by atoms with E-state index in [0.29, 0.717) is 56.3 Å². The summed E-state index contributed by atoms with van der Waals surface area (Å²) in [6, 6.07) is 14.2. The summed E-state index contributed by atoms with van der Waals surface area (Å²) in [5.41, 5.74) is 0.702. The minimum Gasteiger partial charge on any atom is -0.493 e. The van der Waals surface area contributed by atoms with Gasteiger partial charge in [-0.3, -0.25) is 9.59 Å². The van der Waals surface area contributed by atoms with Crippen LogP contribution in [0.1, 0.15) is 57.0 Å². The molecule has 45 heavy (non-hydrogen) atoms. The SMILES string of the molecule is COCCCOc1cc(C(=O)N(C[C@@H]2CN(C(=O)OC(C)(C)C)C[C@H]2NCC(=O)OCc2ccccc2)C(C)C)ccc1OC. The molecule has 2 amide bonds. The summed E-state index contributed by atoms with van der Waals surface area (Å²) in [4.78, 5) is 43.0. The van der Waals surface area contributed by atoms with Gasteiger partial charge in [-0.05, 0) is 58.4 Å². The smallest absolute Gasteiger partial charge is 0.410 e. The first-order chi connectivity index (χ1) is 21.4. The van der Waals surface area contributed by atoms with Crippen molar-refractivity contribution in [3.63, 3.8) is 0 Å². The fourth-order valence-electron chi connectivity index (χ4n) is 5.02. The molecular weight excluding hydrogens is 578 g/mol. The van der Waals surface area contributed by atoms with E-state index in [2.05, 4.69) is 5.32 Å². The third kappa shape index (κ3) is 11.2. The summed E-state index contributed by atoms with van der Waals surface area (Å²) >= 11 is 0. The van der Waals surface area contributed by atoms with Gasteiger partial charge in [0.15, 0.2) is 11.5 Å². The zero-order chi connectivity index (χ0) is 33.0. The molecule has 2 atom stereocenters. The molecule has 11 nitrogen and oxygen atoms in total. The summed E-state index contributed by atoms with van der Waals surface area (Å²) in [6.07, 6.45) is 0.260. The number of methoxy groups -OCH3 is 2. The van der Waals surface area contributed by atoms with Crippen molar-refractivity contribution in [3.8, 4) is 11.5 Å². The third-order valence-electron chi connectivity index (χ3n) is 7.32. The van der Waals surface area contributed by atoms with Crippen LogP contribution in [0.3, 0.4) is 0 Å². The number of benzene rings is 2. The molecule has 11 heteroatoms. The van der Waals surface area contributed by atoms with E-state index in [4.69, 9.17) is 23.7 Å². The van der Waals surface area contributed by atoms with Gasteiger partial charge >= 0.3 is 12.1 Å². The molecule has 1 saturated heterocycles. The molecule has 1 N–H and O–H groups in total. The van der Waals surface area contributed by atoms with E-state index >= 15 is 0 Å². The molecule has 2 aromatic rings. The van der Waals surface area contributed by atoms with Crippen molar-refractivity contribution in [3.05, 3.63) is 59.7 Å². The minimum absolute atomic E-state index is 0.0337. The predicted octanol–water partition coefficient (Wildman–Crippen LogP) is 4.53. The summed E-state index contributed by atoms with van der Waals surface area (Å²) < 4.78 is 27.5. The first kappa shape index (κ1) is 35.6. The summed E-state index contributed by atoms with van der Waals surface area (Å²) in [5, 5.41) is 3.29. The molecule has 0 aliphatic carbocycles. The highest BCUT2D eigenvalue weighted by Gasteiger charge is 2.39. The maximum atomic E-state index is 13.9. The molecule has 0 unspecified atom stereocenters. The predicted molar refractivity (Wildman–Crippen MR) is 170 cm³/mol. The highest BCUT2D eigenvalue weighted by atomic mass is 16.6. The second kappa shape index (κ2) is 17.0. The molecule has 0 spiro atoms. The lowest BCUT2D eigenvalue weighted by molar-refractivity contribution is -0.144. The van der Waals surface area contributed by atoms with Crippen molar-refractivity contribution >= 4 is 18.0 Å². The molecule has 3 rings (SSSR count). The van der Waals surface area contributed by atoms with Crippen LogP contribution in [0.2, 0.25) is 0 Å². The van der Waals surface area contributed by atoms with Gasteiger partial charge in [-0.25, -0.2) is 4.79 Å². The molecule has 1 aliphatic heterocycles. The first-order valence-corrected chi connectivity index (χ1v) is 15.4. The van der Waals surface area contributed by atoms with Gasteiger partial charge in [0.2, 0.25) is 0 Å². The third-order valence-corrected chi connectivity index (χ3v) is 7.32. The van der Waals surface area contributed by atoms with Crippen molar-refractivity contribution in [2.24, 2.45) is 5.92 Å². The van der Waals surface area contributed by atoms with Gasteiger partial charge in [-0.15, -0.1) is 0 Å². The van der Waals surface area contributed by atoms with Gasteiger partial charge in [-0.1, -0.05) is 30.3 Å². The van der Waals surface area contributed by atoms with Gasteiger partial charge < -0.3 is 38.8 Å². The van der Waals surface area contributed by atoms with Gasteiger partial charge in [0.1, 0.15) is 12.2 Å². The quantitative estimate of drug-likeness (QED) is 0.225.